The van der Waals surface area contributed by atoms with Gasteiger partial charge in [-0.15, -0.1) is 0 Å². The number of sulfone groups is 1. The first-order valence-corrected chi connectivity index (χ1v) is 13.0. The molecule has 2 aromatic rings. The molecule has 5 nitrogen and oxygen atoms in total. The fourth-order valence-corrected chi connectivity index (χ4v) is 5.21. The molecule has 32 heavy (non-hydrogen) atoms. The number of ether oxygens (including phenoxy) is 2. The molecule has 0 saturated heterocycles. The largest absolute Gasteiger partial charge is 0.462 e. The first kappa shape index (κ1) is 24.2. The molecule has 3 rings (SSSR count). The number of benzene rings is 2. The molecular weight excluding hydrogens is 424 g/mol. The van der Waals surface area contributed by atoms with Gasteiger partial charge in [0.2, 0.25) is 0 Å². The van der Waals surface area contributed by atoms with Crippen LogP contribution in [0.25, 0.3) is 5.57 Å². The summed E-state index contributed by atoms with van der Waals surface area (Å²) in [6.45, 7) is 2.94. The Morgan fingerprint density at radius 1 is 1.03 bits per heavy atom. The van der Waals surface area contributed by atoms with Gasteiger partial charge in [0.05, 0.1) is 29.4 Å². The Labute approximate surface area is 191 Å². The van der Waals surface area contributed by atoms with E-state index in [0.717, 1.165) is 18.4 Å². The van der Waals surface area contributed by atoms with Crippen molar-refractivity contribution in [2.75, 3.05) is 19.0 Å². The van der Waals surface area contributed by atoms with Gasteiger partial charge >= 0.3 is 5.97 Å². The molecule has 0 unspecified atom stereocenters. The van der Waals surface area contributed by atoms with Crippen molar-refractivity contribution in [3.63, 3.8) is 0 Å². The number of allylic oxidation sites excluding steroid dienone is 1. The van der Waals surface area contributed by atoms with E-state index >= 15 is 0 Å². The van der Waals surface area contributed by atoms with Crippen LogP contribution in [0.3, 0.4) is 0 Å². The number of carbonyl (C=O) groups excluding carboxylic acids is 1. The van der Waals surface area contributed by atoms with E-state index in [-0.39, 0.29) is 16.6 Å². The standard InChI is InChI=1S/C26H32O5S/c1-2-31-26(27)25(19-21-9-6-7-10-21)23-13-15-24(16-14-23)32(28,29)18-8-17-30-20-22-11-4-3-5-12-22/h3-5,11-16,19,21H,2,6-10,17-18,20H2,1H3/b25-19+. The topological polar surface area (TPSA) is 69.7 Å². The smallest absolute Gasteiger partial charge is 0.338 e. The summed E-state index contributed by atoms with van der Waals surface area (Å²) in [5, 5.41) is 0. The molecular formula is C26H32O5S. The van der Waals surface area contributed by atoms with E-state index < -0.39 is 9.84 Å². The zero-order chi connectivity index (χ0) is 22.8. The van der Waals surface area contributed by atoms with E-state index in [9.17, 15) is 13.2 Å². The SMILES string of the molecule is CCOC(=O)/C(=C/C1CCCC1)c1ccc(S(=O)(=O)CCCOCc2ccccc2)cc1. The minimum absolute atomic E-state index is 0.0176. The zero-order valence-corrected chi connectivity index (χ0v) is 19.5. The first-order chi connectivity index (χ1) is 15.5. The predicted octanol–water partition coefficient (Wildman–Crippen LogP) is 5.20. The van der Waals surface area contributed by atoms with Gasteiger partial charge in [-0.25, -0.2) is 13.2 Å². The summed E-state index contributed by atoms with van der Waals surface area (Å²) in [4.78, 5) is 12.8. The van der Waals surface area contributed by atoms with Crippen molar-refractivity contribution in [1.29, 1.82) is 0 Å². The lowest BCUT2D eigenvalue weighted by Crippen LogP contribution is -2.11. The highest BCUT2D eigenvalue weighted by Gasteiger charge is 2.20. The second-order valence-corrected chi connectivity index (χ2v) is 10.2. The van der Waals surface area contributed by atoms with E-state index in [1.54, 1.807) is 31.2 Å². The molecule has 0 aromatic heterocycles. The van der Waals surface area contributed by atoms with Gasteiger partial charge in [-0.3, -0.25) is 0 Å². The van der Waals surface area contributed by atoms with Crippen LogP contribution in [-0.4, -0.2) is 33.4 Å². The molecule has 0 spiro atoms. The summed E-state index contributed by atoms with van der Waals surface area (Å²) >= 11 is 0. The van der Waals surface area contributed by atoms with Crippen molar-refractivity contribution in [2.24, 2.45) is 5.92 Å². The number of esters is 1. The van der Waals surface area contributed by atoms with Crippen LogP contribution in [0.15, 0.2) is 65.6 Å². The van der Waals surface area contributed by atoms with Gasteiger partial charge in [0, 0.05) is 6.61 Å². The lowest BCUT2D eigenvalue weighted by atomic mass is 9.99. The second-order valence-electron chi connectivity index (χ2n) is 8.08. The molecule has 1 aliphatic carbocycles. The maximum Gasteiger partial charge on any atom is 0.338 e. The summed E-state index contributed by atoms with van der Waals surface area (Å²) in [6, 6.07) is 16.4. The number of carbonyl (C=O) groups is 1. The lowest BCUT2D eigenvalue weighted by molar-refractivity contribution is -0.136. The van der Waals surface area contributed by atoms with E-state index in [0.29, 0.717) is 43.3 Å². The first-order valence-electron chi connectivity index (χ1n) is 11.3. The summed E-state index contributed by atoms with van der Waals surface area (Å²) in [7, 11) is -3.42. The van der Waals surface area contributed by atoms with E-state index in [1.165, 1.54) is 12.8 Å². The third kappa shape index (κ3) is 7.04. The molecule has 172 valence electrons. The van der Waals surface area contributed by atoms with Crippen molar-refractivity contribution in [1.82, 2.24) is 0 Å². The molecule has 0 heterocycles. The van der Waals surface area contributed by atoms with Crippen LogP contribution in [0.5, 0.6) is 0 Å². The second kappa shape index (κ2) is 12.0. The van der Waals surface area contributed by atoms with Crippen molar-refractivity contribution in [3.8, 4) is 0 Å². The van der Waals surface area contributed by atoms with Crippen LogP contribution in [-0.2, 0) is 30.7 Å². The molecule has 1 saturated carbocycles. The van der Waals surface area contributed by atoms with Crippen LogP contribution in [0, 0.1) is 5.92 Å². The molecule has 0 amide bonds. The van der Waals surface area contributed by atoms with E-state index in [1.807, 2.05) is 36.4 Å². The molecule has 2 aromatic carbocycles. The number of rotatable bonds is 11. The van der Waals surface area contributed by atoms with Gasteiger partial charge in [-0.1, -0.05) is 61.4 Å². The van der Waals surface area contributed by atoms with Gasteiger partial charge < -0.3 is 9.47 Å². The highest BCUT2D eigenvalue weighted by atomic mass is 32.2. The maximum atomic E-state index is 12.7. The van der Waals surface area contributed by atoms with Crippen molar-refractivity contribution in [3.05, 3.63) is 71.8 Å². The summed E-state index contributed by atoms with van der Waals surface area (Å²) in [6.07, 6.45) is 6.90. The van der Waals surface area contributed by atoms with Crippen molar-refractivity contribution < 1.29 is 22.7 Å². The van der Waals surface area contributed by atoms with Crippen LogP contribution < -0.4 is 0 Å². The molecule has 0 atom stereocenters. The third-order valence-corrected chi connectivity index (χ3v) is 7.45. The van der Waals surface area contributed by atoms with Crippen molar-refractivity contribution >= 4 is 21.4 Å². The predicted molar refractivity (Wildman–Crippen MR) is 126 cm³/mol. The molecule has 1 aliphatic rings. The van der Waals surface area contributed by atoms with Gasteiger partial charge in [0.25, 0.3) is 0 Å². The average molecular weight is 457 g/mol. The molecule has 6 heteroatoms. The van der Waals surface area contributed by atoms with Gasteiger partial charge in [0.1, 0.15) is 0 Å². The third-order valence-electron chi connectivity index (χ3n) is 5.64. The molecule has 0 N–H and O–H groups in total. The number of hydrogen-bond acceptors (Lipinski definition) is 5. The Morgan fingerprint density at radius 3 is 2.38 bits per heavy atom. The Hall–Kier alpha value is -2.44. The zero-order valence-electron chi connectivity index (χ0n) is 18.7. The molecule has 0 bridgehead atoms. The summed E-state index contributed by atoms with van der Waals surface area (Å²) in [5.41, 5.74) is 2.28. The van der Waals surface area contributed by atoms with Gasteiger partial charge in [-0.2, -0.15) is 0 Å². The van der Waals surface area contributed by atoms with Gasteiger partial charge in [-0.05, 0) is 55.4 Å². The summed E-state index contributed by atoms with van der Waals surface area (Å²) in [5.74, 6) is 0.0309. The van der Waals surface area contributed by atoms with E-state index in [4.69, 9.17) is 9.47 Å². The van der Waals surface area contributed by atoms with Crippen molar-refractivity contribution in [2.45, 2.75) is 50.5 Å². The minimum Gasteiger partial charge on any atom is -0.462 e. The van der Waals surface area contributed by atoms with Gasteiger partial charge in [0.15, 0.2) is 9.84 Å². The Kier molecular flexibility index (Phi) is 9.06. The van der Waals surface area contributed by atoms with Crippen LogP contribution in [0.1, 0.15) is 50.2 Å². The molecule has 0 aliphatic heterocycles. The Bertz CT molecular complexity index is 988. The summed E-state index contributed by atoms with van der Waals surface area (Å²) < 4.78 is 36.2. The molecule has 0 radical (unpaired) electrons. The average Bonchev–Trinajstić information content (AvgIpc) is 3.31. The fourth-order valence-electron chi connectivity index (χ4n) is 3.93. The Balaban J connectivity index is 1.60. The normalized spacial score (nSPS) is 15.1. The quantitative estimate of drug-likeness (QED) is 0.264. The molecule has 1 fully saturated rings. The maximum absolute atomic E-state index is 12.7. The monoisotopic (exact) mass is 456 g/mol. The highest BCUT2D eigenvalue weighted by molar-refractivity contribution is 7.91. The van der Waals surface area contributed by atoms with Crippen LogP contribution in [0.4, 0.5) is 0 Å². The minimum atomic E-state index is -3.42. The Morgan fingerprint density at radius 2 is 1.72 bits per heavy atom. The fraction of sp³-hybridized carbons (Fsp3) is 0.423. The van der Waals surface area contributed by atoms with E-state index in [2.05, 4.69) is 0 Å². The highest BCUT2D eigenvalue weighted by Crippen LogP contribution is 2.30. The number of hydrogen-bond donors (Lipinski definition) is 0. The van der Waals surface area contributed by atoms with Crippen LogP contribution in [0.2, 0.25) is 0 Å². The lowest BCUT2D eigenvalue weighted by Gasteiger charge is -2.11. The van der Waals surface area contributed by atoms with Crippen LogP contribution >= 0.6 is 0 Å².